The van der Waals surface area contributed by atoms with Gasteiger partial charge in [-0.05, 0) is 235 Å². The average Bonchev–Trinajstić information content (AvgIpc) is 0.742. The minimum Gasteiger partial charge on any atom is -0.508 e. The van der Waals surface area contributed by atoms with Crippen LogP contribution in [0.15, 0.2) is 122 Å². The van der Waals surface area contributed by atoms with Gasteiger partial charge in [-0.15, -0.1) is 0 Å². The lowest BCUT2D eigenvalue weighted by Crippen LogP contribution is -2.62. The minimum atomic E-state index is -1.79. The second-order valence-electron chi connectivity index (χ2n) is 30.1. The molecule has 1 spiro atoms. The minimum absolute atomic E-state index is 0.000984. The monoisotopic (exact) mass is 1400 g/mol. The molecular formula is C82H102N2O10S4. The van der Waals surface area contributed by atoms with Gasteiger partial charge in [0, 0.05) is 64.9 Å². The number of aryl methyl sites for hydroxylation is 2. The number of hydrogen-bond acceptors (Lipinski definition) is 15. The number of phenols is 2. The summed E-state index contributed by atoms with van der Waals surface area (Å²) in [5.74, 6) is 0.706. The van der Waals surface area contributed by atoms with Crippen molar-refractivity contribution >= 4 is 59.7 Å². The van der Waals surface area contributed by atoms with Crippen LogP contribution in [0, 0.1) is 40.9 Å². The van der Waals surface area contributed by atoms with Gasteiger partial charge in [0.1, 0.15) is 11.9 Å². The molecule has 0 radical (unpaired) electrons. The fourth-order valence-electron chi connectivity index (χ4n) is 19.0. The van der Waals surface area contributed by atoms with Gasteiger partial charge < -0.3 is 55.2 Å². The third-order valence-corrected chi connectivity index (χ3v) is 29.3. The van der Waals surface area contributed by atoms with Gasteiger partial charge in [-0.3, -0.25) is 4.79 Å². The second kappa shape index (κ2) is 31.1. The van der Waals surface area contributed by atoms with E-state index in [0.717, 1.165) is 132 Å². The Balaban J connectivity index is 0.985. The molecule has 16 heteroatoms. The number of aromatic hydroxyl groups is 2. The normalized spacial score (nSPS) is 28.4. The van der Waals surface area contributed by atoms with E-state index in [1.165, 1.54) is 36.8 Å². The Labute approximate surface area is 596 Å². The van der Waals surface area contributed by atoms with Crippen molar-refractivity contribution in [3.05, 3.63) is 183 Å². The predicted octanol–water partition coefficient (Wildman–Crippen LogP) is 16.5. The van der Waals surface area contributed by atoms with Crippen molar-refractivity contribution in [3.8, 4) is 28.7 Å². The number of aliphatic hydroxyl groups excluding tert-OH is 4. The van der Waals surface area contributed by atoms with Gasteiger partial charge in [-0.1, -0.05) is 156 Å². The number of carbonyl (C=O) groups is 1. The summed E-state index contributed by atoms with van der Waals surface area (Å²) in [5, 5.41) is 80.8. The summed E-state index contributed by atoms with van der Waals surface area (Å²) in [6.45, 7) is 5.98. The summed E-state index contributed by atoms with van der Waals surface area (Å²) >= 11 is 0. The molecule has 6 aliphatic rings. The summed E-state index contributed by atoms with van der Waals surface area (Å²) < 4.78 is 19.5. The average molecular weight is 1400 g/mol. The maximum absolute atomic E-state index is 18.1. The fourth-order valence-corrected chi connectivity index (χ4v) is 24.7. The van der Waals surface area contributed by atoms with E-state index in [1.807, 2.05) is 72.7 Å². The van der Waals surface area contributed by atoms with Crippen molar-refractivity contribution in [3.63, 3.8) is 0 Å². The molecule has 4 aliphatic carbocycles. The van der Waals surface area contributed by atoms with Gasteiger partial charge in [-0.25, -0.2) is 0 Å². The first-order chi connectivity index (χ1) is 47.6. The first-order valence-electron chi connectivity index (χ1n) is 36.3. The van der Waals surface area contributed by atoms with Crippen molar-refractivity contribution in [2.24, 2.45) is 40.9 Å². The Morgan fingerprint density at radius 2 is 1.59 bits per heavy atom. The highest BCUT2D eigenvalue weighted by Gasteiger charge is 2.62. The molecular weight excluding hydrogens is 1300 g/mol. The van der Waals surface area contributed by atoms with E-state index in [2.05, 4.69) is 85.7 Å². The number of benzene rings is 6. The Kier molecular flexibility index (Phi) is 22.6. The van der Waals surface area contributed by atoms with Crippen molar-refractivity contribution < 1.29 is 49.6 Å². The second-order valence-corrected chi connectivity index (χ2v) is 35.3. The smallest absolute Gasteiger partial charge is 0.186 e. The molecule has 0 amide bonds. The van der Waals surface area contributed by atoms with Crippen LogP contribution in [-0.2, 0) is 54.3 Å². The van der Waals surface area contributed by atoms with Crippen LogP contribution in [0.1, 0.15) is 177 Å². The summed E-state index contributed by atoms with van der Waals surface area (Å²) in [6.07, 6.45) is 17.8. The summed E-state index contributed by atoms with van der Waals surface area (Å²) in [7, 11) is 10.3. The molecule has 1 aromatic heterocycles. The molecule has 524 valence electrons. The number of aromatic nitrogens is 1. The van der Waals surface area contributed by atoms with Crippen LogP contribution in [0.25, 0.3) is 10.8 Å². The highest BCUT2D eigenvalue weighted by molar-refractivity contribution is 8.77. The number of aliphatic hydroxyl groups is 4. The topological polar surface area (TPSA) is 194 Å². The number of Topliss-reactive ketones (excluding diaryl/α,β-unsaturated/α-hetero) is 1. The van der Waals surface area contributed by atoms with E-state index in [1.54, 1.807) is 51.6 Å². The molecule has 12 unspecified atom stereocenters. The number of nitrogens with one attached hydrogen (secondary N) is 2. The van der Waals surface area contributed by atoms with Crippen LogP contribution < -0.4 is 19.5 Å². The summed E-state index contributed by atoms with van der Waals surface area (Å²) in [5.41, 5.74) is 8.52. The van der Waals surface area contributed by atoms with Crippen LogP contribution >= 0.6 is 43.2 Å². The van der Waals surface area contributed by atoms with Crippen LogP contribution in [0.4, 0.5) is 0 Å². The molecule has 13 rings (SSSR count). The van der Waals surface area contributed by atoms with Crippen LogP contribution in [0.2, 0.25) is 0 Å². The Morgan fingerprint density at radius 3 is 2.37 bits per heavy atom. The maximum atomic E-state index is 18.1. The van der Waals surface area contributed by atoms with Gasteiger partial charge in [0.2, 0.25) is 0 Å². The molecule has 7 aromatic rings. The number of carbonyl (C=O) groups excluding carboxylic acids is 1. The van der Waals surface area contributed by atoms with Gasteiger partial charge in [-0.2, -0.15) is 0 Å². The van der Waals surface area contributed by atoms with E-state index in [-0.39, 0.29) is 42.3 Å². The zero-order chi connectivity index (χ0) is 68.3. The van der Waals surface area contributed by atoms with E-state index in [9.17, 15) is 30.6 Å². The standard InChI is InChI=1S/C82H102N2O10S4/c1-6-55-19-20-56-15-10-16-65-73(45-85)98-97-46-60-37-74(89)82(68-48-96-95-47-61-43-80(27-7-8-28-80)30-25-70(61)94-72-36-58(68)22-24-71(72)93-49-86,63-38-62(39-64(87)40-63)81(83-4)29-11-14-53(42-81)33-52-13-9-12-51(32-52)18-17-50(2)3)79(91)76(60)77(90)59(34-54-26-31-84-44-54)35-57-21-23-69(88)78(92-5)67(57)41-66(55)75(56)65/h9-10,12-13,15-16,19-24,26,31-32,36,38-40,44,50,53,59-61,68,70,73-74,76-77,83-90H,6-8,11,14,17-18,25,27-30,33-35,37,41-43,45-49H2,1-5H3. The van der Waals surface area contributed by atoms with Gasteiger partial charge in [0.25, 0.3) is 0 Å². The fraction of sp³-hybridized carbons (Fsp3) is 0.524. The van der Waals surface area contributed by atoms with Crippen molar-refractivity contribution in [2.45, 2.75) is 183 Å². The number of hydrogen-bond donors (Lipinski definition) is 8. The van der Waals surface area contributed by atoms with E-state index >= 15 is 4.79 Å². The number of ether oxygens (including phenoxy) is 3. The van der Waals surface area contributed by atoms with Crippen LogP contribution in [-0.4, -0.2) is 105 Å². The van der Waals surface area contributed by atoms with Crippen molar-refractivity contribution in [2.75, 3.05) is 44.8 Å². The predicted molar refractivity (Wildman–Crippen MR) is 401 cm³/mol. The van der Waals surface area contributed by atoms with Crippen LogP contribution in [0.3, 0.4) is 0 Å². The Bertz CT molecular complexity index is 3900. The highest BCUT2D eigenvalue weighted by Crippen LogP contribution is 2.59. The first-order valence-corrected chi connectivity index (χ1v) is 41.2. The Morgan fingerprint density at radius 1 is 0.786 bits per heavy atom. The molecule has 6 aromatic carbocycles. The van der Waals surface area contributed by atoms with E-state index in [4.69, 9.17) is 14.2 Å². The maximum Gasteiger partial charge on any atom is 0.186 e. The van der Waals surface area contributed by atoms with Crippen molar-refractivity contribution in [1.82, 2.24) is 10.3 Å². The molecule has 8 N–H and O–H groups in total. The summed E-state index contributed by atoms with van der Waals surface area (Å²) in [6, 6.07) is 37.0. The number of H-pyrrole nitrogens is 1. The zero-order valence-electron chi connectivity index (χ0n) is 57.8. The molecule has 12 atom stereocenters. The first kappa shape index (κ1) is 71.1. The van der Waals surface area contributed by atoms with Gasteiger partial charge in [0.05, 0.1) is 36.6 Å². The number of ketones is 1. The number of methoxy groups -OCH3 is 1. The molecule has 98 heavy (non-hydrogen) atoms. The Hall–Kier alpha value is -5.27. The van der Waals surface area contributed by atoms with Gasteiger partial charge >= 0.3 is 0 Å². The van der Waals surface area contributed by atoms with Crippen molar-refractivity contribution in [1.29, 1.82) is 0 Å². The van der Waals surface area contributed by atoms with E-state index < -0.39 is 58.9 Å². The number of fused-ring (bicyclic) bond motifs is 5. The molecule has 4 fully saturated rings. The third-order valence-electron chi connectivity index (χ3n) is 24.0. The zero-order valence-corrected chi connectivity index (χ0v) is 61.1. The highest BCUT2D eigenvalue weighted by atomic mass is 33.1. The molecule has 3 heterocycles. The number of aromatic amines is 1. The summed E-state index contributed by atoms with van der Waals surface area (Å²) in [4.78, 5) is 21.4. The largest absolute Gasteiger partial charge is 0.508 e. The number of rotatable bonds is 16. The molecule has 4 saturated carbocycles. The number of phenolic OH excluding ortho intramolecular Hbond substituents is 2. The molecule has 2 aliphatic heterocycles. The van der Waals surface area contributed by atoms with Gasteiger partial charge in [0.15, 0.2) is 35.6 Å². The SMILES string of the molecule is CCc1ccc2cccc3c2c1Cc1c(ccc(O)c1OC)CC(Cc1cc[nH]c1)C(O)C1C(=O)C(c2cc(O)cc(C4(NC)CCCC(Cc5cccc(CCC(C)C)c5)C4)c2)(C2CSSCC4CC5(CCCC5)CCC4Oc4cc2ccc4OCO)C(O)CC1CSSC3CO. The molecule has 2 bridgehead atoms. The lowest BCUT2D eigenvalue weighted by atomic mass is 9.52. The third kappa shape index (κ3) is 14.5. The molecule has 12 nitrogen and oxygen atoms in total. The van der Waals surface area contributed by atoms with E-state index in [0.29, 0.717) is 70.8 Å². The van der Waals surface area contributed by atoms with Crippen LogP contribution in [0.5, 0.6) is 28.7 Å². The lowest BCUT2D eigenvalue weighted by molar-refractivity contribution is -0.150. The lowest BCUT2D eigenvalue weighted by Gasteiger charge is -2.53. The quantitative estimate of drug-likeness (QED) is 0.0336. The molecule has 0 saturated heterocycles.